The highest BCUT2D eigenvalue weighted by Gasteiger charge is 2.34. The molecular weight excluding hydrogens is 294 g/mol. The lowest BCUT2D eigenvalue weighted by Gasteiger charge is -2.16. The standard InChI is InChI=1S/C15H20ClNO4/c1-3-20-13-6-5-10(7-11(13)16)15(19)17-8-12(18)14(9-17)21-4-2/h5-7,12,14,18H,3-4,8-9H2,1-2H3/t12-,14-/m0/s1. The number of rotatable bonds is 5. The first-order chi connectivity index (χ1) is 10.1. The molecule has 2 rings (SSSR count). The first-order valence-corrected chi connectivity index (χ1v) is 7.45. The summed E-state index contributed by atoms with van der Waals surface area (Å²) in [5.74, 6) is 0.394. The van der Waals surface area contributed by atoms with E-state index in [1.165, 1.54) is 0 Å². The number of ether oxygens (including phenoxy) is 2. The average Bonchev–Trinajstić information content (AvgIpc) is 2.82. The van der Waals surface area contributed by atoms with E-state index in [4.69, 9.17) is 21.1 Å². The van der Waals surface area contributed by atoms with Gasteiger partial charge in [-0.05, 0) is 32.0 Å². The summed E-state index contributed by atoms with van der Waals surface area (Å²) in [5, 5.41) is 10.3. The Kier molecular flexibility index (Phi) is 5.45. The number of carbonyl (C=O) groups is 1. The molecule has 1 amide bonds. The van der Waals surface area contributed by atoms with Crippen LogP contribution >= 0.6 is 11.6 Å². The molecule has 1 aliphatic rings. The number of likely N-dealkylation sites (tertiary alicyclic amines) is 1. The zero-order chi connectivity index (χ0) is 15.4. The lowest BCUT2D eigenvalue weighted by atomic mass is 10.2. The number of hydrogen-bond donors (Lipinski definition) is 1. The van der Waals surface area contributed by atoms with Crippen LogP contribution in [0.25, 0.3) is 0 Å². The van der Waals surface area contributed by atoms with Gasteiger partial charge in [0.05, 0.1) is 17.7 Å². The molecule has 1 N–H and O–H groups in total. The molecule has 0 unspecified atom stereocenters. The van der Waals surface area contributed by atoms with Gasteiger partial charge in [-0.15, -0.1) is 0 Å². The lowest BCUT2D eigenvalue weighted by Crippen LogP contribution is -2.30. The molecule has 2 atom stereocenters. The molecule has 21 heavy (non-hydrogen) atoms. The van der Waals surface area contributed by atoms with E-state index in [0.29, 0.717) is 36.1 Å². The number of aliphatic hydroxyl groups is 1. The Morgan fingerprint density at radius 3 is 2.76 bits per heavy atom. The maximum atomic E-state index is 12.4. The monoisotopic (exact) mass is 313 g/mol. The summed E-state index contributed by atoms with van der Waals surface area (Å²) in [6.45, 7) is 5.42. The largest absolute Gasteiger partial charge is 0.492 e. The number of β-amino-alcohol motifs (C(OH)–C–C–N with tert-alkyl or cyclic N) is 1. The quantitative estimate of drug-likeness (QED) is 0.903. The highest BCUT2D eigenvalue weighted by molar-refractivity contribution is 6.32. The van der Waals surface area contributed by atoms with Crippen molar-refractivity contribution in [2.24, 2.45) is 0 Å². The summed E-state index contributed by atoms with van der Waals surface area (Å²) in [6, 6.07) is 4.96. The molecule has 1 aromatic carbocycles. The smallest absolute Gasteiger partial charge is 0.254 e. The van der Waals surface area contributed by atoms with Crippen LogP contribution in [0.2, 0.25) is 5.02 Å². The van der Waals surface area contributed by atoms with Crippen molar-refractivity contribution < 1.29 is 19.4 Å². The highest BCUT2D eigenvalue weighted by Crippen LogP contribution is 2.26. The van der Waals surface area contributed by atoms with Crippen LogP contribution in [-0.2, 0) is 4.74 Å². The molecule has 0 aromatic heterocycles. The van der Waals surface area contributed by atoms with E-state index in [2.05, 4.69) is 0 Å². The first-order valence-electron chi connectivity index (χ1n) is 7.08. The van der Waals surface area contributed by atoms with Crippen molar-refractivity contribution in [3.63, 3.8) is 0 Å². The summed E-state index contributed by atoms with van der Waals surface area (Å²) in [4.78, 5) is 14.0. The molecule has 1 aromatic rings. The van der Waals surface area contributed by atoms with Gasteiger partial charge in [-0.25, -0.2) is 0 Å². The van der Waals surface area contributed by atoms with Gasteiger partial charge < -0.3 is 19.5 Å². The minimum atomic E-state index is -0.646. The first kappa shape index (κ1) is 16.1. The van der Waals surface area contributed by atoms with Gasteiger partial charge in [-0.1, -0.05) is 11.6 Å². The molecule has 1 saturated heterocycles. The van der Waals surface area contributed by atoms with Crippen LogP contribution in [0.3, 0.4) is 0 Å². The van der Waals surface area contributed by atoms with Gasteiger partial charge in [0.15, 0.2) is 0 Å². The van der Waals surface area contributed by atoms with E-state index < -0.39 is 6.10 Å². The third kappa shape index (κ3) is 3.67. The second-order valence-electron chi connectivity index (χ2n) is 4.85. The van der Waals surface area contributed by atoms with Crippen molar-refractivity contribution in [3.8, 4) is 5.75 Å². The van der Waals surface area contributed by atoms with E-state index >= 15 is 0 Å². The Hall–Kier alpha value is -1.30. The van der Waals surface area contributed by atoms with Gasteiger partial charge in [0, 0.05) is 25.3 Å². The Labute approximate surface area is 129 Å². The topological polar surface area (TPSA) is 59.0 Å². The lowest BCUT2D eigenvalue weighted by molar-refractivity contribution is -0.00237. The Morgan fingerprint density at radius 1 is 1.38 bits per heavy atom. The molecule has 1 fully saturated rings. The van der Waals surface area contributed by atoms with Crippen LogP contribution in [0.5, 0.6) is 5.75 Å². The van der Waals surface area contributed by atoms with Gasteiger partial charge >= 0.3 is 0 Å². The molecule has 5 nitrogen and oxygen atoms in total. The predicted octanol–water partition coefficient (Wildman–Crippen LogP) is 1.96. The van der Waals surface area contributed by atoms with Gasteiger partial charge in [-0.3, -0.25) is 4.79 Å². The molecule has 0 spiro atoms. The second-order valence-corrected chi connectivity index (χ2v) is 5.26. The van der Waals surface area contributed by atoms with Crippen molar-refractivity contribution in [1.82, 2.24) is 4.90 Å². The maximum Gasteiger partial charge on any atom is 0.254 e. The minimum absolute atomic E-state index is 0.166. The van der Waals surface area contributed by atoms with Crippen molar-refractivity contribution in [1.29, 1.82) is 0 Å². The van der Waals surface area contributed by atoms with E-state index in [9.17, 15) is 9.90 Å². The van der Waals surface area contributed by atoms with E-state index in [1.54, 1.807) is 23.1 Å². The summed E-state index contributed by atoms with van der Waals surface area (Å²) in [5.41, 5.74) is 0.479. The molecule has 0 bridgehead atoms. The summed E-state index contributed by atoms with van der Waals surface area (Å²) >= 11 is 6.10. The fourth-order valence-electron chi connectivity index (χ4n) is 2.39. The van der Waals surface area contributed by atoms with Gasteiger partial charge in [-0.2, -0.15) is 0 Å². The SMILES string of the molecule is CCOc1ccc(C(=O)N2C[C@H](OCC)[C@@H](O)C2)cc1Cl. The van der Waals surface area contributed by atoms with Gasteiger partial charge in [0.2, 0.25) is 0 Å². The number of nitrogens with zero attached hydrogens (tertiary/aromatic N) is 1. The van der Waals surface area contributed by atoms with Crippen molar-refractivity contribution >= 4 is 17.5 Å². The fraction of sp³-hybridized carbons (Fsp3) is 0.533. The number of carbonyl (C=O) groups excluding carboxylic acids is 1. The number of halogens is 1. The Balaban J connectivity index is 2.08. The number of benzene rings is 1. The average molecular weight is 314 g/mol. The summed E-state index contributed by atoms with van der Waals surface area (Å²) in [6.07, 6.45) is -0.968. The van der Waals surface area contributed by atoms with E-state index in [1.807, 2.05) is 13.8 Å². The Morgan fingerprint density at radius 2 is 2.14 bits per heavy atom. The zero-order valence-electron chi connectivity index (χ0n) is 12.2. The minimum Gasteiger partial charge on any atom is -0.492 e. The molecule has 0 saturated carbocycles. The highest BCUT2D eigenvalue weighted by atomic mass is 35.5. The molecule has 1 heterocycles. The summed E-state index contributed by atoms with van der Waals surface area (Å²) in [7, 11) is 0. The van der Waals surface area contributed by atoms with Crippen LogP contribution in [0.1, 0.15) is 24.2 Å². The third-order valence-corrected chi connectivity index (χ3v) is 3.68. The predicted molar refractivity (Wildman–Crippen MR) is 79.9 cm³/mol. The number of amides is 1. The summed E-state index contributed by atoms with van der Waals surface area (Å²) < 4.78 is 10.8. The zero-order valence-corrected chi connectivity index (χ0v) is 13.0. The van der Waals surface area contributed by atoms with Gasteiger partial charge in [0.1, 0.15) is 11.9 Å². The molecule has 116 valence electrons. The molecule has 1 aliphatic heterocycles. The van der Waals surface area contributed by atoms with Crippen LogP contribution < -0.4 is 4.74 Å². The molecule has 6 heteroatoms. The van der Waals surface area contributed by atoms with Crippen LogP contribution in [-0.4, -0.2) is 54.4 Å². The normalized spacial score (nSPS) is 21.6. The van der Waals surface area contributed by atoms with Crippen LogP contribution in [0, 0.1) is 0 Å². The van der Waals surface area contributed by atoms with Crippen LogP contribution in [0.4, 0.5) is 0 Å². The maximum absolute atomic E-state index is 12.4. The van der Waals surface area contributed by atoms with E-state index in [-0.39, 0.29) is 18.6 Å². The van der Waals surface area contributed by atoms with Crippen LogP contribution in [0.15, 0.2) is 18.2 Å². The number of hydrogen-bond acceptors (Lipinski definition) is 4. The van der Waals surface area contributed by atoms with Crippen molar-refractivity contribution in [2.45, 2.75) is 26.1 Å². The fourth-order valence-corrected chi connectivity index (χ4v) is 2.62. The van der Waals surface area contributed by atoms with Crippen molar-refractivity contribution in [3.05, 3.63) is 28.8 Å². The molecule has 0 aliphatic carbocycles. The second kappa shape index (κ2) is 7.11. The molecular formula is C15H20ClNO4. The van der Waals surface area contributed by atoms with Crippen molar-refractivity contribution in [2.75, 3.05) is 26.3 Å². The van der Waals surface area contributed by atoms with Gasteiger partial charge in [0.25, 0.3) is 5.91 Å². The number of aliphatic hydroxyl groups excluding tert-OH is 1. The molecule has 0 radical (unpaired) electrons. The third-order valence-electron chi connectivity index (χ3n) is 3.38. The van der Waals surface area contributed by atoms with E-state index in [0.717, 1.165) is 0 Å². The Bertz CT molecular complexity index is 508.